The number of ether oxygens (including phenoxy) is 2. The van der Waals surface area contributed by atoms with Crippen LogP contribution in [0, 0.1) is 16.0 Å². The fraction of sp³-hybridized carbons (Fsp3) is 0.429. The third kappa shape index (κ3) is 4.56. The van der Waals surface area contributed by atoms with Crippen LogP contribution in [0.5, 0.6) is 0 Å². The highest BCUT2D eigenvalue weighted by Crippen LogP contribution is 2.48. The Kier molecular flexibility index (Phi) is 7.37. The van der Waals surface area contributed by atoms with E-state index in [0.717, 1.165) is 0 Å². The van der Waals surface area contributed by atoms with Gasteiger partial charge in [-0.3, -0.25) is 19.9 Å². The van der Waals surface area contributed by atoms with E-state index in [1.54, 1.807) is 13.8 Å². The van der Waals surface area contributed by atoms with Crippen molar-refractivity contribution in [1.29, 1.82) is 0 Å². The number of aromatic nitrogens is 2. The van der Waals surface area contributed by atoms with Gasteiger partial charge >= 0.3 is 5.97 Å². The number of nitrogens with zero attached hydrogens (tertiary/aromatic N) is 4. The molecule has 0 N–H and O–H groups in total. The molecule has 1 aliphatic rings. The van der Waals surface area contributed by atoms with E-state index >= 15 is 0 Å². The van der Waals surface area contributed by atoms with Crippen LogP contribution in [0.1, 0.15) is 44.0 Å². The second kappa shape index (κ2) is 10.0. The van der Waals surface area contributed by atoms with Gasteiger partial charge in [0.15, 0.2) is 5.82 Å². The molecular formula is C21H23ClN4O6. The zero-order valence-electron chi connectivity index (χ0n) is 18.1. The van der Waals surface area contributed by atoms with Gasteiger partial charge in [0.2, 0.25) is 0 Å². The van der Waals surface area contributed by atoms with E-state index in [-0.39, 0.29) is 35.4 Å². The summed E-state index contributed by atoms with van der Waals surface area (Å²) in [5, 5.41) is 15.9. The Hall–Kier alpha value is -3.11. The molecule has 2 heterocycles. The first-order valence-electron chi connectivity index (χ1n) is 9.97. The van der Waals surface area contributed by atoms with Crippen LogP contribution in [0.2, 0.25) is 5.02 Å². The van der Waals surface area contributed by atoms with Crippen molar-refractivity contribution in [3.05, 3.63) is 56.3 Å². The number of methoxy groups -OCH3 is 1. The zero-order chi connectivity index (χ0) is 23.4. The third-order valence-corrected chi connectivity index (χ3v) is 5.50. The van der Waals surface area contributed by atoms with Crippen LogP contribution < -0.4 is 0 Å². The van der Waals surface area contributed by atoms with Crippen molar-refractivity contribution in [2.24, 2.45) is 10.9 Å². The average Bonchev–Trinajstić information content (AvgIpc) is 3.21. The van der Waals surface area contributed by atoms with Crippen molar-refractivity contribution in [2.45, 2.75) is 33.1 Å². The van der Waals surface area contributed by atoms with E-state index in [1.165, 1.54) is 25.3 Å². The second-order valence-corrected chi connectivity index (χ2v) is 7.57. The summed E-state index contributed by atoms with van der Waals surface area (Å²) < 4.78 is 15.8. The maximum Gasteiger partial charge on any atom is 0.315 e. The number of hydrogen-bond donors (Lipinski definition) is 0. The molecule has 0 radical (unpaired) electrons. The molecule has 0 spiro atoms. The monoisotopic (exact) mass is 462 g/mol. The summed E-state index contributed by atoms with van der Waals surface area (Å²) in [5.41, 5.74) is 1.25. The lowest BCUT2D eigenvalue weighted by Gasteiger charge is -2.31. The molecule has 1 aromatic carbocycles. The van der Waals surface area contributed by atoms with Gasteiger partial charge in [-0.05, 0) is 19.9 Å². The molecule has 32 heavy (non-hydrogen) atoms. The van der Waals surface area contributed by atoms with Gasteiger partial charge in [0.05, 0.1) is 22.1 Å². The molecule has 0 saturated carbocycles. The Bertz CT molecular complexity index is 1090. The van der Waals surface area contributed by atoms with Crippen molar-refractivity contribution in [1.82, 2.24) is 10.1 Å². The topological polar surface area (TPSA) is 130 Å². The largest absolute Gasteiger partial charge is 0.463 e. The van der Waals surface area contributed by atoms with Crippen LogP contribution in [0.4, 0.5) is 5.69 Å². The van der Waals surface area contributed by atoms with E-state index < -0.39 is 22.7 Å². The Morgan fingerprint density at radius 2 is 2.06 bits per heavy atom. The lowest BCUT2D eigenvalue weighted by atomic mass is 9.75. The second-order valence-electron chi connectivity index (χ2n) is 7.17. The number of esters is 1. The van der Waals surface area contributed by atoms with Crippen molar-refractivity contribution in [3.63, 3.8) is 0 Å². The Morgan fingerprint density at radius 3 is 2.69 bits per heavy atom. The van der Waals surface area contributed by atoms with Crippen molar-refractivity contribution in [2.75, 3.05) is 20.3 Å². The molecule has 1 aromatic heterocycles. The van der Waals surface area contributed by atoms with E-state index in [1.807, 2.05) is 6.92 Å². The van der Waals surface area contributed by atoms with E-state index in [4.69, 9.17) is 25.6 Å². The fourth-order valence-electron chi connectivity index (χ4n) is 3.75. The van der Waals surface area contributed by atoms with Crippen molar-refractivity contribution >= 4 is 34.5 Å². The maximum atomic E-state index is 13.1. The molecule has 2 unspecified atom stereocenters. The standard InChI is InChI=1S/C21H23ClN4O6/c1-5-15-24-20(32-25-15)16-11(2)23-12(3)17(21(27)31-10-9-30-4)19(16)18-13(22)7-6-8-14(18)26(28)29/h6-8,17,19H,5,9-10H2,1-4H3. The Morgan fingerprint density at radius 1 is 1.31 bits per heavy atom. The van der Waals surface area contributed by atoms with Gasteiger partial charge in [0.25, 0.3) is 11.6 Å². The summed E-state index contributed by atoms with van der Waals surface area (Å²) in [6.45, 7) is 5.48. The molecule has 170 valence electrons. The van der Waals surface area contributed by atoms with E-state index in [0.29, 0.717) is 29.2 Å². The maximum absolute atomic E-state index is 13.1. The van der Waals surface area contributed by atoms with Crippen LogP contribution in [0.25, 0.3) is 5.57 Å². The lowest BCUT2D eigenvalue weighted by Crippen LogP contribution is -2.35. The highest BCUT2D eigenvalue weighted by atomic mass is 35.5. The number of aryl methyl sites for hydroxylation is 1. The molecule has 10 nitrogen and oxygen atoms in total. The molecule has 1 aliphatic heterocycles. The first kappa shape index (κ1) is 23.6. The molecule has 0 saturated heterocycles. The minimum atomic E-state index is -0.985. The SMILES string of the molecule is CCc1noc(C2=C(C)N=C(C)C(C(=O)OCCOC)C2c2c(Cl)cccc2[N+](=O)[O-])n1. The van der Waals surface area contributed by atoms with Crippen LogP contribution in [-0.2, 0) is 20.7 Å². The number of carbonyl (C=O) groups is 1. The lowest BCUT2D eigenvalue weighted by molar-refractivity contribution is -0.385. The van der Waals surface area contributed by atoms with Gasteiger partial charge in [0.1, 0.15) is 12.5 Å². The van der Waals surface area contributed by atoms with E-state index in [9.17, 15) is 14.9 Å². The molecule has 3 rings (SSSR count). The van der Waals surface area contributed by atoms with Gasteiger partial charge in [-0.1, -0.05) is 29.7 Å². The summed E-state index contributed by atoms with van der Waals surface area (Å²) in [6.07, 6.45) is 0.525. The molecule has 0 bridgehead atoms. The molecular weight excluding hydrogens is 440 g/mol. The molecule has 11 heteroatoms. The summed E-state index contributed by atoms with van der Waals surface area (Å²) in [5.74, 6) is -1.92. The van der Waals surface area contributed by atoms with Crippen molar-refractivity contribution in [3.8, 4) is 0 Å². The van der Waals surface area contributed by atoms with Gasteiger partial charge < -0.3 is 14.0 Å². The fourth-order valence-corrected chi connectivity index (χ4v) is 4.03. The molecule has 0 fully saturated rings. The van der Waals surface area contributed by atoms with Crippen LogP contribution in [-0.4, -0.2) is 47.1 Å². The summed E-state index contributed by atoms with van der Waals surface area (Å²) in [4.78, 5) is 33.4. The highest BCUT2D eigenvalue weighted by molar-refractivity contribution is 6.32. The van der Waals surface area contributed by atoms with Gasteiger partial charge in [-0.15, -0.1) is 0 Å². The Labute approximate surface area is 189 Å². The zero-order valence-corrected chi connectivity index (χ0v) is 18.9. The predicted molar refractivity (Wildman–Crippen MR) is 117 cm³/mol. The van der Waals surface area contributed by atoms with Crippen LogP contribution >= 0.6 is 11.6 Å². The molecule has 2 atom stereocenters. The number of aliphatic imine (C=N–C) groups is 1. The number of hydrogen-bond acceptors (Lipinski definition) is 9. The number of benzene rings is 1. The summed E-state index contributed by atoms with van der Waals surface area (Å²) >= 11 is 6.48. The summed E-state index contributed by atoms with van der Waals surface area (Å²) in [7, 11) is 1.49. The number of allylic oxidation sites excluding steroid dienone is 2. The van der Waals surface area contributed by atoms with Gasteiger partial charge in [0, 0.05) is 42.5 Å². The van der Waals surface area contributed by atoms with Gasteiger partial charge in [-0.2, -0.15) is 4.98 Å². The minimum absolute atomic E-state index is 0.0228. The van der Waals surface area contributed by atoms with E-state index in [2.05, 4.69) is 15.1 Å². The number of nitro benzene ring substituents is 1. The predicted octanol–water partition coefficient (Wildman–Crippen LogP) is 3.99. The number of rotatable bonds is 8. The van der Waals surface area contributed by atoms with Crippen LogP contribution in [0.3, 0.4) is 0 Å². The third-order valence-electron chi connectivity index (χ3n) is 5.17. The minimum Gasteiger partial charge on any atom is -0.463 e. The number of nitro groups is 1. The van der Waals surface area contributed by atoms with Gasteiger partial charge in [-0.25, -0.2) is 0 Å². The smallest absolute Gasteiger partial charge is 0.315 e. The first-order valence-corrected chi connectivity index (χ1v) is 10.3. The Balaban J connectivity index is 2.24. The van der Waals surface area contributed by atoms with Crippen molar-refractivity contribution < 1.29 is 23.7 Å². The first-order chi connectivity index (χ1) is 15.3. The molecule has 0 amide bonds. The van der Waals surface area contributed by atoms with Crippen LogP contribution in [0.15, 0.2) is 33.4 Å². The number of carbonyl (C=O) groups excluding carboxylic acids is 1. The molecule has 0 aliphatic carbocycles. The normalized spacial score (nSPS) is 18.5. The highest BCUT2D eigenvalue weighted by Gasteiger charge is 2.45. The average molecular weight is 463 g/mol. The molecule has 2 aromatic rings. The summed E-state index contributed by atoms with van der Waals surface area (Å²) in [6, 6.07) is 4.36. The quantitative estimate of drug-likeness (QED) is 0.249. The number of halogens is 1.